The van der Waals surface area contributed by atoms with Gasteiger partial charge in [0.05, 0.1) is 17.5 Å². The summed E-state index contributed by atoms with van der Waals surface area (Å²) >= 11 is 0. The van der Waals surface area contributed by atoms with Gasteiger partial charge in [0, 0.05) is 11.9 Å². The standard InChI is InChI=1S/C18H16N6O2/c1-11-15(17(26)23-13-3-2-8-19-9-13)16(12-4-6-14(25)7-5-12)24-18(22-11)20-10-21-24/h2-10,16,25H,1H3,(H,23,26)(H,20,21,22)/t16-/m0/s1. The topological polar surface area (TPSA) is 105 Å². The van der Waals surface area contributed by atoms with E-state index in [4.69, 9.17) is 0 Å². The average molecular weight is 348 g/mol. The van der Waals surface area contributed by atoms with E-state index in [9.17, 15) is 9.90 Å². The van der Waals surface area contributed by atoms with Crippen LogP contribution in [0, 0.1) is 0 Å². The first kappa shape index (κ1) is 15.8. The van der Waals surface area contributed by atoms with Crippen LogP contribution in [0.3, 0.4) is 0 Å². The molecule has 4 rings (SSSR count). The lowest BCUT2D eigenvalue weighted by Crippen LogP contribution is -2.31. The molecule has 0 unspecified atom stereocenters. The largest absolute Gasteiger partial charge is 0.508 e. The average Bonchev–Trinajstić information content (AvgIpc) is 3.10. The first-order chi connectivity index (χ1) is 12.6. The minimum Gasteiger partial charge on any atom is -0.508 e. The highest BCUT2D eigenvalue weighted by atomic mass is 16.3. The summed E-state index contributed by atoms with van der Waals surface area (Å²) in [5.41, 5.74) is 2.61. The van der Waals surface area contributed by atoms with Crippen molar-refractivity contribution in [3.8, 4) is 5.75 Å². The van der Waals surface area contributed by atoms with E-state index in [-0.39, 0.29) is 11.7 Å². The number of nitrogens with zero attached hydrogens (tertiary/aromatic N) is 4. The highest BCUT2D eigenvalue weighted by Crippen LogP contribution is 2.35. The molecule has 1 atom stereocenters. The van der Waals surface area contributed by atoms with Gasteiger partial charge in [-0.3, -0.25) is 9.78 Å². The van der Waals surface area contributed by atoms with E-state index in [0.29, 0.717) is 22.9 Å². The Kier molecular flexibility index (Phi) is 3.85. The summed E-state index contributed by atoms with van der Waals surface area (Å²) in [4.78, 5) is 21.2. The summed E-state index contributed by atoms with van der Waals surface area (Å²) < 4.78 is 1.65. The first-order valence-corrected chi connectivity index (χ1v) is 8.01. The molecule has 3 heterocycles. The Bertz CT molecular complexity index is 978. The maximum absolute atomic E-state index is 13.0. The Balaban J connectivity index is 1.77. The number of phenolic OH excluding ortho intramolecular Hbond substituents is 1. The SMILES string of the molecule is CC1=C(C(=O)Nc2cccnc2)[C@H](c2ccc(O)cc2)n2ncnc2N1. The summed E-state index contributed by atoms with van der Waals surface area (Å²) in [6.45, 7) is 1.82. The quantitative estimate of drug-likeness (QED) is 0.671. The highest BCUT2D eigenvalue weighted by molar-refractivity contribution is 6.05. The number of fused-ring (bicyclic) bond motifs is 1. The fourth-order valence-corrected chi connectivity index (χ4v) is 2.98. The van der Waals surface area contributed by atoms with Crippen LogP contribution >= 0.6 is 0 Å². The number of pyridine rings is 1. The number of nitrogens with one attached hydrogen (secondary N) is 2. The molecule has 1 amide bonds. The van der Waals surface area contributed by atoms with Gasteiger partial charge in [-0.15, -0.1) is 0 Å². The van der Waals surface area contributed by atoms with Crippen molar-refractivity contribution in [1.29, 1.82) is 0 Å². The summed E-state index contributed by atoms with van der Waals surface area (Å²) in [7, 11) is 0. The van der Waals surface area contributed by atoms with Gasteiger partial charge in [-0.25, -0.2) is 4.68 Å². The zero-order chi connectivity index (χ0) is 18.1. The van der Waals surface area contributed by atoms with Gasteiger partial charge in [0.1, 0.15) is 18.1 Å². The van der Waals surface area contributed by atoms with Crippen LogP contribution < -0.4 is 10.6 Å². The van der Waals surface area contributed by atoms with Gasteiger partial charge in [0.15, 0.2) is 0 Å². The maximum Gasteiger partial charge on any atom is 0.255 e. The Morgan fingerprint density at radius 1 is 1.27 bits per heavy atom. The zero-order valence-electron chi connectivity index (χ0n) is 13.9. The van der Waals surface area contributed by atoms with Crippen molar-refractivity contribution in [2.24, 2.45) is 0 Å². The van der Waals surface area contributed by atoms with Crippen LogP contribution in [0.2, 0.25) is 0 Å². The van der Waals surface area contributed by atoms with E-state index in [1.807, 2.05) is 6.92 Å². The monoisotopic (exact) mass is 348 g/mol. The number of aromatic nitrogens is 4. The van der Waals surface area contributed by atoms with Gasteiger partial charge >= 0.3 is 0 Å². The minimum atomic E-state index is -0.467. The van der Waals surface area contributed by atoms with Gasteiger partial charge in [-0.2, -0.15) is 10.1 Å². The van der Waals surface area contributed by atoms with E-state index < -0.39 is 6.04 Å². The second-order valence-corrected chi connectivity index (χ2v) is 5.88. The Hall–Kier alpha value is -3.68. The van der Waals surface area contributed by atoms with E-state index >= 15 is 0 Å². The predicted molar refractivity (Wildman–Crippen MR) is 95.5 cm³/mol. The molecule has 26 heavy (non-hydrogen) atoms. The molecule has 0 aliphatic carbocycles. The highest BCUT2D eigenvalue weighted by Gasteiger charge is 2.33. The lowest BCUT2D eigenvalue weighted by Gasteiger charge is -2.28. The summed E-state index contributed by atoms with van der Waals surface area (Å²) in [6.07, 6.45) is 4.66. The number of hydrogen-bond acceptors (Lipinski definition) is 6. The van der Waals surface area contributed by atoms with Gasteiger partial charge in [0.25, 0.3) is 5.91 Å². The molecule has 130 valence electrons. The fourth-order valence-electron chi connectivity index (χ4n) is 2.98. The second-order valence-electron chi connectivity index (χ2n) is 5.88. The van der Waals surface area contributed by atoms with Gasteiger partial charge < -0.3 is 15.7 Å². The second kappa shape index (κ2) is 6.32. The van der Waals surface area contributed by atoms with Gasteiger partial charge in [-0.05, 0) is 36.8 Å². The molecule has 3 N–H and O–H groups in total. The number of carbonyl (C=O) groups excluding carboxylic acids is 1. The number of benzene rings is 1. The molecule has 0 fully saturated rings. The molecule has 1 aliphatic rings. The van der Waals surface area contributed by atoms with Crippen molar-refractivity contribution in [2.75, 3.05) is 10.6 Å². The molecule has 1 aliphatic heterocycles. The molecule has 0 saturated heterocycles. The Labute approximate surface area is 149 Å². The molecule has 0 saturated carbocycles. The van der Waals surface area contributed by atoms with E-state index in [0.717, 1.165) is 5.56 Å². The number of rotatable bonds is 3. The number of anilines is 2. The molecular weight excluding hydrogens is 332 g/mol. The third-order valence-corrected chi connectivity index (χ3v) is 4.17. The smallest absolute Gasteiger partial charge is 0.255 e. The normalized spacial score (nSPS) is 16.0. The zero-order valence-corrected chi connectivity index (χ0v) is 13.9. The summed E-state index contributed by atoms with van der Waals surface area (Å²) in [6, 6.07) is 9.75. The summed E-state index contributed by atoms with van der Waals surface area (Å²) in [5.74, 6) is 0.448. The van der Waals surface area contributed by atoms with Crippen molar-refractivity contribution in [3.63, 3.8) is 0 Å². The van der Waals surface area contributed by atoms with Crippen LogP contribution in [0.25, 0.3) is 0 Å². The molecule has 0 spiro atoms. The van der Waals surface area contributed by atoms with Crippen molar-refractivity contribution in [1.82, 2.24) is 19.7 Å². The fraction of sp³-hybridized carbons (Fsp3) is 0.111. The molecular formula is C18H16N6O2. The van der Waals surface area contributed by atoms with Gasteiger partial charge in [0.2, 0.25) is 5.95 Å². The van der Waals surface area contributed by atoms with Crippen molar-refractivity contribution >= 4 is 17.5 Å². The van der Waals surface area contributed by atoms with Crippen LogP contribution in [-0.2, 0) is 4.79 Å². The first-order valence-electron chi connectivity index (χ1n) is 8.01. The number of amides is 1. The summed E-state index contributed by atoms with van der Waals surface area (Å²) in [5, 5.41) is 19.8. The molecule has 3 aromatic rings. The predicted octanol–water partition coefficient (Wildman–Crippen LogP) is 2.31. The van der Waals surface area contributed by atoms with Crippen LogP contribution in [-0.4, -0.2) is 30.8 Å². The number of carbonyl (C=O) groups is 1. The minimum absolute atomic E-state index is 0.156. The van der Waals surface area contributed by atoms with Crippen molar-refractivity contribution in [2.45, 2.75) is 13.0 Å². The lowest BCUT2D eigenvalue weighted by molar-refractivity contribution is -0.113. The number of aromatic hydroxyl groups is 1. The molecule has 0 bridgehead atoms. The Morgan fingerprint density at radius 2 is 2.08 bits per heavy atom. The maximum atomic E-state index is 13.0. The van der Waals surface area contributed by atoms with Crippen LogP contribution in [0.15, 0.2) is 66.4 Å². The van der Waals surface area contributed by atoms with Crippen molar-refractivity contribution < 1.29 is 9.90 Å². The van der Waals surface area contributed by atoms with Crippen LogP contribution in [0.4, 0.5) is 11.6 Å². The van der Waals surface area contributed by atoms with E-state index in [1.165, 1.54) is 6.33 Å². The number of hydrogen-bond donors (Lipinski definition) is 3. The van der Waals surface area contributed by atoms with E-state index in [2.05, 4.69) is 25.7 Å². The molecule has 8 nitrogen and oxygen atoms in total. The van der Waals surface area contributed by atoms with E-state index in [1.54, 1.807) is 53.5 Å². The molecule has 2 aromatic heterocycles. The van der Waals surface area contributed by atoms with Crippen molar-refractivity contribution in [3.05, 3.63) is 72.0 Å². The third kappa shape index (κ3) is 2.77. The number of allylic oxidation sites excluding steroid dienone is 1. The molecule has 8 heteroatoms. The number of phenols is 1. The van der Waals surface area contributed by atoms with Gasteiger partial charge in [-0.1, -0.05) is 12.1 Å². The molecule has 0 radical (unpaired) electrons. The van der Waals surface area contributed by atoms with Crippen LogP contribution in [0.5, 0.6) is 5.75 Å². The third-order valence-electron chi connectivity index (χ3n) is 4.17. The van der Waals surface area contributed by atoms with Crippen LogP contribution in [0.1, 0.15) is 18.5 Å². The molecule has 1 aromatic carbocycles. The Morgan fingerprint density at radius 3 is 2.81 bits per heavy atom. The lowest BCUT2D eigenvalue weighted by atomic mass is 9.95.